The van der Waals surface area contributed by atoms with E-state index in [2.05, 4.69) is 50.1 Å². The van der Waals surface area contributed by atoms with Gasteiger partial charge in [0.2, 0.25) is 0 Å². The smallest absolute Gasteiger partial charge is 0.347 e. The molecule has 0 radical (unpaired) electrons. The Balaban J connectivity index is 1.55. The van der Waals surface area contributed by atoms with E-state index in [1.165, 1.54) is 10.2 Å². The summed E-state index contributed by atoms with van der Waals surface area (Å²) in [5.74, 6) is 1.04. The molecule has 0 fully saturated rings. The fourth-order valence-corrected chi connectivity index (χ4v) is 3.83. The van der Waals surface area contributed by atoms with Crippen LogP contribution >= 0.6 is 0 Å². The van der Waals surface area contributed by atoms with Crippen molar-refractivity contribution in [2.75, 3.05) is 6.61 Å². The summed E-state index contributed by atoms with van der Waals surface area (Å²) in [5.41, 5.74) is 3.48. The van der Waals surface area contributed by atoms with Gasteiger partial charge in [-0.3, -0.25) is 4.57 Å². The van der Waals surface area contributed by atoms with E-state index in [1.807, 2.05) is 24.3 Å². The van der Waals surface area contributed by atoms with Crippen LogP contribution in [-0.4, -0.2) is 33.0 Å². The highest BCUT2D eigenvalue weighted by Crippen LogP contribution is 2.22. The number of ether oxygens (including phenoxy) is 2. The molecule has 0 N–H and O–H groups in total. The van der Waals surface area contributed by atoms with Gasteiger partial charge in [0.25, 0.3) is 0 Å². The number of benzene rings is 2. The fourth-order valence-electron chi connectivity index (χ4n) is 3.83. The summed E-state index contributed by atoms with van der Waals surface area (Å²) in [6, 6.07) is 16.1. The van der Waals surface area contributed by atoms with Gasteiger partial charge in [0.05, 0.1) is 13.2 Å². The molecule has 0 aliphatic rings. The van der Waals surface area contributed by atoms with Crippen LogP contribution in [0.15, 0.2) is 53.3 Å². The Kier molecular flexibility index (Phi) is 8.54. The van der Waals surface area contributed by atoms with E-state index in [-0.39, 0.29) is 17.1 Å². The third kappa shape index (κ3) is 7.07. The highest BCUT2D eigenvalue weighted by molar-refractivity contribution is 5.74. The van der Waals surface area contributed by atoms with Gasteiger partial charge in [-0.1, -0.05) is 57.2 Å². The minimum absolute atomic E-state index is 0.0991. The van der Waals surface area contributed by atoms with Crippen molar-refractivity contribution in [2.45, 2.75) is 71.9 Å². The Morgan fingerprint density at radius 3 is 2.23 bits per heavy atom. The Hall–Kier alpha value is -3.35. The number of hydrogen-bond acceptors (Lipinski definition) is 5. The lowest BCUT2D eigenvalue weighted by molar-refractivity contribution is -0.150. The van der Waals surface area contributed by atoms with Crippen LogP contribution in [0.4, 0.5) is 0 Å². The third-order valence-corrected chi connectivity index (χ3v) is 6.00. The van der Waals surface area contributed by atoms with Crippen molar-refractivity contribution >= 4 is 5.97 Å². The Morgan fingerprint density at radius 1 is 1.00 bits per heavy atom. The summed E-state index contributed by atoms with van der Waals surface area (Å²) in [4.78, 5) is 24.4. The lowest BCUT2D eigenvalue weighted by Crippen LogP contribution is -2.26. The van der Waals surface area contributed by atoms with Crippen molar-refractivity contribution < 1.29 is 14.3 Å². The summed E-state index contributed by atoms with van der Waals surface area (Å²) in [6.07, 6.45) is 1.78. The minimum Gasteiger partial charge on any atom is -0.479 e. The molecule has 35 heavy (non-hydrogen) atoms. The van der Waals surface area contributed by atoms with Crippen molar-refractivity contribution in [1.29, 1.82) is 0 Å². The zero-order valence-electron chi connectivity index (χ0n) is 21.7. The predicted molar refractivity (Wildman–Crippen MR) is 137 cm³/mol. The fraction of sp³-hybridized carbons (Fsp3) is 0.464. The van der Waals surface area contributed by atoms with Gasteiger partial charge in [-0.05, 0) is 60.9 Å². The summed E-state index contributed by atoms with van der Waals surface area (Å²) >= 11 is 0. The Morgan fingerprint density at radius 2 is 1.63 bits per heavy atom. The first kappa shape index (κ1) is 26.3. The molecule has 1 aromatic heterocycles. The molecule has 0 aliphatic heterocycles. The molecular weight excluding hydrogens is 442 g/mol. The molecule has 1 heterocycles. The second-order valence-corrected chi connectivity index (χ2v) is 9.87. The van der Waals surface area contributed by atoms with Gasteiger partial charge in [-0.2, -0.15) is 5.10 Å². The summed E-state index contributed by atoms with van der Waals surface area (Å²) < 4.78 is 13.8. The van der Waals surface area contributed by atoms with Crippen molar-refractivity contribution in [3.63, 3.8) is 0 Å². The molecule has 7 heteroatoms. The average molecular weight is 480 g/mol. The van der Waals surface area contributed by atoms with Gasteiger partial charge in [0.1, 0.15) is 11.6 Å². The van der Waals surface area contributed by atoms with Gasteiger partial charge in [0.15, 0.2) is 6.10 Å². The maximum atomic E-state index is 12.7. The molecule has 7 nitrogen and oxygen atoms in total. The second-order valence-electron chi connectivity index (χ2n) is 9.87. The number of carbonyl (C=O) groups excluding carboxylic acids is 1. The standard InChI is InChI=1S/C28H37N3O4/c1-7-34-26(32)20(2)35-24-17-13-21(14-18-24)9-8-10-25-29-31(27(33)30(25)6)19-22-11-15-23(16-12-22)28(3,4)5/h11-18,20H,7-10,19H2,1-6H3. The summed E-state index contributed by atoms with van der Waals surface area (Å²) in [6.45, 7) is 10.8. The van der Waals surface area contributed by atoms with Crippen LogP contribution in [0.5, 0.6) is 5.75 Å². The number of aryl methyl sites for hydroxylation is 2. The average Bonchev–Trinajstić information content (AvgIpc) is 3.08. The molecule has 2 aromatic carbocycles. The van der Waals surface area contributed by atoms with Crippen molar-refractivity contribution in [3.8, 4) is 5.75 Å². The zero-order valence-corrected chi connectivity index (χ0v) is 21.7. The molecule has 0 amide bonds. The molecule has 3 rings (SSSR count). The maximum absolute atomic E-state index is 12.7. The predicted octanol–water partition coefficient (Wildman–Crippen LogP) is 4.43. The molecule has 188 valence electrons. The lowest BCUT2D eigenvalue weighted by atomic mass is 9.87. The summed E-state index contributed by atoms with van der Waals surface area (Å²) in [7, 11) is 1.78. The number of esters is 1. The van der Waals surface area contributed by atoms with Crippen LogP contribution in [0, 0.1) is 0 Å². The second kappa shape index (κ2) is 11.4. The minimum atomic E-state index is -0.645. The molecule has 0 bridgehead atoms. The van der Waals surface area contributed by atoms with E-state index in [4.69, 9.17) is 9.47 Å². The lowest BCUT2D eigenvalue weighted by Gasteiger charge is -2.19. The van der Waals surface area contributed by atoms with Crippen molar-refractivity contribution in [2.24, 2.45) is 7.05 Å². The number of aromatic nitrogens is 3. The van der Waals surface area contributed by atoms with Gasteiger partial charge in [-0.25, -0.2) is 14.3 Å². The normalized spacial score (nSPS) is 12.4. The number of nitrogens with zero attached hydrogens (tertiary/aromatic N) is 3. The molecular formula is C28H37N3O4. The van der Waals surface area contributed by atoms with Crippen LogP contribution in [-0.2, 0) is 41.4 Å². The molecule has 1 atom stereocenters. The van der Waals surface area contributed by atoms with E-state index in [9.17, 15) is 9.59 Å². The van der Waals surface area contributed by atoms with E-state index in [0.717, 1.165) is 29.8 Å². The van der Waals surface area contributed by atoms with Gasteiger partial charge in [-0.15, -0.1) is 0 Å². The van der Waals surface area contributed by atoms with Crippen LogP contribution in [0.3, 0.4) is 0 Å². The topological polar surface area (TPSA) is 75.3 Å². The quantitative estimate of drug-likeness (QED) is 0.402. The monoisotopic (exact) mass is 479 g/mol. The molecule has 1 unspecified atom stereocenters. The largest absolute Gasteiger partial charge is 0.479 e. The molecule has 3 aromatic rings. The SMILES string of the molecule is CCOC(=O)C(C)Oc1ccc(CCCc2nn(Cc3ccc(C(C)(C)C)cc3)c(=O)n2C)cc1. The first-order valence-electron chi connectivity index (χ1n) is 12.2. The van der Waals surface area contributed by atoms with E-state index in [1.54, 1.807) is 25.5 Å². The zero-order chi connectivity index (χ0) is 25.6. The van der Waals surface area contributed by atoms with Gasteiger partial charge < -0.3 is 9.47 Å². The third-order valence-electron chi connectivity index (χ3n) is 6.00. The van der Waals surface area contributed by atoms with E-state index in [0.29, 0.717) is 25.3 Å². The van der Waals surface area contributed by atoms with Crippen LogP contribution in [0.25, 0.3) is 0 Å². The number of carbonyl (C=O) groups is 1. The van der Waals surface area contributed by atoms with Crippen LogP contribution < -0.4 is 10.4 Å². The van der Waals surface area contributed by atoms with Crippen LogP contribution in [0.1, 0.15) is 63.6 Å². The maximum Gasteiger partial charge on any atom is 0.347 e. The number of rotatable bonds is 10. The van der Waals surface area contributed by atoms with Crippen molar-refractivity contribution in [3.05, 3.63) is 81.5 Å². The van der Waals surface area contributed by atoms with Gasteiger partial charge in [0, 0.05) is 13.5 Å². The van der Waals surface area contributed by atoms with Gasteiger partial charge >= 0.3 is 11.7 Å². The Labute approximate surface area is 207 Å². The molecule has 0 saturated heterocycles. The highest BCUT2D eigenvalue weighted by Gasteiger charge is 2.16. The first-order chi connectivity index (χ1) is 16.6. The molecule has 0 aliphatic carbocycles. The van der Waals surface area contributed by atoms with E-state index >= 15 is 0 Å². The Bertz CT molecular complexity index is 1170. The van der Waals surface area contributed by atoms with Crippen LogP contribution in [0.2, 0.25) is 0 Å². The first-order valence-corrected chi connectivity index (χ1v) is 12.2. The van der Waals surface area contributed by atoms with E-state index < -0.39 is 6.10 Å². The molecule has 0 spiro atoms. The van der Waals surface area contributed by atoms with Crippen molar-refractivity contribution in [1.82, 2.24) is 14.3 Å². The summed E-state index contributed by atoms with van der Waals surface area (Å²) in [5, 5.41) is 4.59. The molecule has 0 saturated carbocycles. The number of hydrogen-bond donors (Lipinski definition) is 0. The highest BCUT2D eigenvalue weighted by atomic mass is 16.6.